The fourth-order valence-electron chi connectivity index (χ4n) is 3.92. The Kier molecular flexibility index (Phi) is 9.97. The third-order valence-electron chi connectivity index (χ3n) is 6.45. The number of carbonyl (C=O) groups is 1. The number of hydrogen-bond donors (Lipinski definition) is 3. The number of hydrogen-bond acceptors (Lipinski definition) is 7. The largest absolute Gasteiger partial charge is 0.488 e. The Hall–Kier alpha value is -3.94. The van der Waals surface area contributed by atoms with Crippen LogP contribution in [0.25, 0.3) is 11.1 Å². The molecule has 1 unspecified atom stereocenters. The lowest BCUT2D eigenvalue weighted by molar-refractivity contribution is -0.145. The van der Waals surface area contributed by atoms with E-state index in [9.17, 15) is 15.0 Å². The number of carboxylic acid groups (broad SMARTS) is 1. The number of aliphatic hydroxyl groups excluding tert-OH is 1. The second kappa shape index (κ2) is 13.6. The smallest absolute Gasteiger partial charge is 0.326 e. The lowest BCUT2D eigenvalue weighted by atomic mass is 10.0. The Balaban J connectivity index is 1.60. The Morgan fingerprint density at radius 2 is 1.80 bits per heavy atom. The van der Waals surface area contributed by atoms with Crippen molar-refractivity contribution in [3.05, 3.63) is 111 Å². The Labute approximate surface area is 251 Å². The molecule has 1 aromatic heterocycles. The highest BCUT2D eigenvalue weighted by molar-refractivity contribution is 9.10. The summed E-state index contributed by atoms with van der Waals surface area (Å²) >= 11 is 10.3. The van der Waals surface area contributed by atoms with Gasteiger partial charge in [0.05, 0.1) is 11.6 Å². The summed E-state index contributed by atoms with van der Waals surface area (Å²) in [6, 6.07) is 24.6. The van der Waals surface area contributed by atoms with Crippen molar-refractivity contribution in [3.63, 3.8) is 0 Å². The molecule has 3 aromatic carbocycles. The van der Waals surface area contributed by atoms with Gasteiger partial charge in [-0.2, -0.15) is 5.26 Å². The van der Waals surface area contributed by atoms with Gasteiger partial charge in [-0.1, -0.05) is 60.1 Å². The monoisotopic (exact) mass is 635 g/mol. The number of nitriles is 1. The first-order chi connectivity index (χ1) is 19.7. The molecule has 10 heteroatoms. The Bertz CT molecular complexity index is 1580. The van der Waals surface area contributed by atoms with Crippen molar-refractivity contribution in [2.24, 2.45) is 0 Å². The van der Waals surface area contributed by atoms with E-state index in [0.29, 0.717) is 22.1 Å². The van der Waals surface area contributed by atoms with Gasteiger partial charge in [0, 0.05) is 34.4 Å². The van der Waals surface area contributed by atoms with Crippen LogP contribution < -0.4 is 14.8 Å². The van der Waals surface area contributed by atoms with Gasteiger partial charge < -0.3 is 19.7 Å². The van der Waals surface area contributed by atoms with Gasteiger partial charge in [-0.25, -0.2) is 4.98 Å². The minimum absolute atomic E-state index is 0.0448. The molecule has 0 aliphatic rings. The van der Waals surface area contributed by atoms with Crippen molar-refractivity contribution in [1.29, 1.82) is 5.26 Å². The van der Waals surface area contributed by atoms with Gasteiger partial charge in [-0.3, -0.25) is 10.1 Å². The van der Waals surface area contributed by atoms with Crippen LogP contribution in [0.3, 0.4) is 0 Å². The van der Waals surface area contributed by atoms with Crippen molar-refractivity contribution >= 4 is 33.5 Å². The van der Waals surface area contributed by atoms with Crippen LogP contribution in [-0.4, -0.2) is 33.3 Å². The van der Waals surface area contributed by atoms with Crippen LogP contribution in [0.5, 0.6) is 11.5 Å². The summed E-state index contributed by atoms with van der Waals surface area (Å²) in [4.78, 5) is 15.7. The van der Waals surface area contributed by atoms with Crippen molar-refractivity contribution < 1.29 is 24.5 Å². The second-order valence-electron chi connectivity index (χ2n) is 9.42. The number of nitrogens with one attached hydrogen (secondary N) is 1. The Morgan fingerprint density at radius 3 is 2.51 bits per heavy atom. The van der Waals surface area contributed by atoms with E-state index in [4.69, 9.17) is 26.3 Å². The van der Waals surface area contributed by atoms with Crippen LogP contribution in [0, 0.1) is 11.3 Å². The molecule has 4 aromatic rings. The zero-order valence-corrected chi connectivity index (χ0v) is 24.4. The molecule has 0 amide bonds. The maximum atomic E-state index is 11.7. The van der Waals surface area contributed by atoms with Gasteiger partial charge in [0.25, 0.3) is 0 Å². The summed E-state index contributed by atoms with van der Waals surface area (Å²) in [7, 11) is 0. The molecule has 0 spiro atoms. The van der Waals surface area contributed by atoms with Crippen molar-refractivity contribution in [2.45, 2.75) is 32.2 Å². The van der Waals surface area contributed by atoms with E-state index < -0.39 is 18.1 Å². The zero-order valence-electron chi connectivity index (χ0n) is 22.1. The molecule has 3 N–H and O–H groups in total. The number of halogens is 2. The van der Waals surface area contributed by atoms with Crippen molar-refractivity contribution in [2.75, 3.05) is 6.61 Å². The highest BCUT2D eigenvalue weighted by Gasteiger charge is 2.32. The summed E-state index contributed by atoms with van der Waals surface area (Å²) in [6.45, 7) is 1.15. The normalized spacial score (nSPS) is 12.3. The van der Waals surface area contributed by atoms with E-state index in [1.807, 2.05) is 54.6 Å². The first-order valence-corrected chi connectivity index (χ1v) is 13.8. The van der Waals surface area contributed by atoms with E-state index in [1.54, 1.807) is 24.3 Å². The number of aliphatic carboxylic acids is 1. The summed E-state index contributed by atoms with van der Waals surface area (Å²) in [5.41, 5.74) is 2.99. The number of ether oxygens (including phenoxy) is 2. The van der Waals surface area contributed by atoms with E-state index in [2.05, 4.69) is 26.2 Å². The Morgan fingerprint density at radius 1 is 1.05 bits per heavy atom. The van der Waals surface area contributed by atoms with Gasteiger partial charge in [-0.05, 0) is 57.7 Å². The highest BCUT2D eigenvalue weighted by Crippen LogP contribution is 2.36. The molecule has 1 heterocycles. The number of aromatic nitrogens is 1. The van der Waals surface area contributed by atoms with Gasteiger partial charge in [-0.15, -0.1) is 0 Å². The molecule has 1 atom stereocenters. The lowest BCUT2D eigenvalue weighted by Crippen LogP contribution is -2.52. The van der Waals surface area contributed by atoms with Crippen LogP contribution in [0.4, 0.5) is 0 Å². The molecule has 8 nitrogen and oxygen atoms in total. The van der Waals surface area contributed by atoms with E-state index in [-0.39, 0.29) is 25.5 Å². The van der Waals surface area contributed by atoms with Gasteiger partial charge >= 0.3 is 5.97 Å². The third-order valence-corrected chi connectivity index (χ3v) is 7.68. The highest BCUT2D eigenvalue weighted by atomic mass is 79.9. The van der Waals surface area contributed by atoms with Gasteiger partial charge in [0.2, 0.25) is 0 Å². The minimum atomic E-state index is -1.57. The van der Waals surface area contributed by atoms with Crippen molar-refractivity contribution in [1.82, 2.24) is 10.3 Å². The molecule has 41 heavy (non-hydrogen) atoms. The van der Waals surface area contributed by atoms with Gasteiger partial charge in [0.1, 0.15) is 42.0 Å². The third kappa shape index (κ3) is 7.43. The fraction of sp³-hybridized carbons (Fsp3) is 0.194. The standard InChI is InChI=1S/C31H27BrClN3O5/c1-31(19-37,30(38)39)36-16-23-13-26(33)28(14-27(23)40-17-20-10-11-35-24(12-20)15-34)41-18-22-8-5-9-25(29(22)32)21-6-3-2-4-7-21/h2-14,36-37H,16-19H2,1H3,(H,38,39). The summed E-state index contributed by atoms with van der Waals surface area (Å²) < 4.78 is 13.1. The zero-order chi connectivity index (χ0) is 29.4. The van der Waals surface area contributed by atoms with Gasteiger partial charge in [0.15, 0.2) is 0 Å². The number of rotatable bonds is 12. The number of benzene rings is 3. The second-order valence-corrected chi connectivity index (χ2v) is 10.6. The molecule has 0 fully saturated rings. The number of nitrogens with zero attached hydrogens (tertiary/aromatic N) is 2. The van der Waals surface area contributed by atoms with E-state index in [0.717, 1.165) is 26.7 Å². The first-order valence-electron chi connectivity index (χ1n) is 12.6. The lowest BCUT2D eigenvalue weighted by Gasteiger charge is -2.25. The van der Waals surface area contributed by atoms with Crippen LogP contribution in [0.15, 0.2) is 83.5 Å². The average Bonchev–Trinajstić information content (AvgIpc) is 2.99. The topological polar surface area (TPSA) is 125 Å². The van der Waals surface area contributed by atoms with Crippen LogP contribution in [0.2, 0.25) is 5.02 Å². The first kappa shape index (κ1) is 30.0. The molecule has 0 aliphatic carbocycles. The summed E-state index contributed by atoms with van der Waals surface area (Å²) in [5.74, 6) is -0.425. The number of pyridine rings is 1. The molecule has 4 rings (SSSR count). The molecular formula is C31H27BrClN3O5. The van der Waals surface area contributed by atoms with E-state index >= 15 is 0 Å². The quantitative estimate of drug-likeness (QED) is 0.170. The maximum Gasteiger partial charge on any atom is 0.326 e. The molecule has 0 bridgehead atoms. The average molecular weight is 637 g/mol. The predicted octanol–water partition coefficient (Wildman–Crippen LogP) is 6.12. The predicted molar refractivity (Wildman–Crippen MR) is 159 cm³/mol. The SMILES string of the molecule is CC(CO)(NCc1cc(Cl)c(OCc2cccc(-c3ccccc3)c2Br)cc1OCc1ccnc(C#N)c1)C(=O)O. The molecule has 0 aliphatic heterocycles. The molecule has 210 valence electrons. The molecule has 0 radical (unpaired) electrons. The minimum Gasteiger partial charge on any atom is -0.488 e. The van der Waals surface area contributed by atoms with Crippen LogP contribution in [-0.2, 0) is 24.6 Å². The fourth-order valence-corrected chi connectivity index (χ4v) is 4.77. The molecule has 0 saturated carbocycles. The number of aliphatic hydroxyl groups is 1. The summed E-state index contributed by atoms with van der Waals surface area (Å²) in [5, 5.41) is 31.5. The van der Waals surface area contributed by atoms with Crippen molar-refractivity contribution in [3.8, 4) is 28.7 Å². The number of carboxylic acids is 1. The molecular weight excluding hydrogens is 610 g/mol. The van der Waals surface area contributed by atoms with Crippen LogP contribution >= 0.6 is 27.5 Å². The summed E-state index contributed by atoms with van der Waals surface area (Å²) in [6.07, 6.45) is 1.52. The maximum absolute atomic E-state index is 11.7. The molecule has 0 saturated heterocycles. The van der Waals surface area contributed by atoms with E-state index in [1.165, 1.54) is 13.1 Å². The van der Waals surface area contributed by atoms with Crippen LogP contribution in [0.1, 0.15) is 29.3 Å².